The zero-order valence-corrected chi connectivity index (χ0v) is 42.3. The second kappa shape index (κ2) is 53.6. The molecule has 0 aliphatic carbocycles. The Bertz CT molecular complexity index is 1570. The van der Waals surface area contributed by atoms with Gasteiger partial charge in [-0.25, -0.2) is 0 Å². The van der Waals surface area contributed by atoms with Crippen LogP contribution in [-0.2, 0) is 28.6 Å². The van der Waals surface area contributed by atoms with E-state index in [1.54, 1.807) is 0 Å². The molecule has 0 unspecified atom stereocenters. The van der Waals surface area contributed by atoms with Gasteiger partial charge in [-0.15, -0.1) is 0 Å². The van der Waals surface area contributed by atoms with E-state index in [9.17, 15) is 14.4 Å². The second-order valence-corrected chi connectivity index (χ2v) is 16.3. The van der Waals surface area contributed by atoms with Crippen LogP contribution in [0.1, 0.15) is 188 Å². The first-order valence-electron chi connectivity index (χ1n) is 26.0. The van der Waals surface area contributed by atoms with Gasteiger partial charge in [0, 0.05) is 19.3 Å². The molecule has 0 N–H and O–H groups in total. The van der Waals surface area contributed by atoms with Gasteiger partial charge in [-0.1, -0.05) is 211 Å². The highest BCUT2D eigenvalue weighted by molar-refractivity contribution is 5.71. The third kappa shape index (κ3) is 51.9. The number of rotatable bonds is 44. The van der Waals surface area contributed by atoms with Crippen LogP contribution < -0.4 is 0 Å². The van der Waals surface area contributed by atoms with E-state index in [0.29, 0.717) is 19.3 Å². The molecule has 1 atom stereocenters. The fraction of sp³-hybridized carbons (Fsp3) is 0.525. The molecule has 372 valence electrons. The summed E-state index contributed by atoms with van der Waals surface area (Å²) < 4.78 is 16.6. The molecular weight excluding hydrogens is 829 g/mol. The minimum absolute atomic E-state index is 0.144. The Morgan fingerprint density at radius 1 is 0.313 bits per heavy atom. The zero-order valence-electron chi connectivity index (χ0n) is 42.3. The predicted octanol–water partition coefficient (Wildman–Crippen LogP) is 17.4. The molecule has 0 saturated heterocycles. The second-order valence-electron chi connectivity index (χ2n) is 16.3. The third-order valence-corrected chi connectivity index (χ3v) is 10.0. The predicted molar refractivity (Wildman–Crippen MR) is 288 cm³/mol. The van der Waals surface area contributed by atoms with E-state index < -0.39 is 12.1 Å². The van der Waals surface area contributed by atoms with Crippen LogP contribution in [0.4, 0.5) is 0 Å². The number of ether oxygens (including phenoxy) is 3. The molecule has 6 nitrogen and oxygen atoms in total. The topological polar surface area (TPSA) is 78.9 Å². The summed E-state index contributed by atoms with van der Waals surface area (Å²) in [5.74, 6) is -1.14. The Morgan fingerprint density at radius 2 is 0.612 bits per heavy atom. The van der Waals surface area contributed by atoms with Crippen molar-refractivity contribution in [2.24, 2.45) is 0 Å². The first-order valence-corrected chi connectivity index (χ1v) is 26.0. The SMILES string of the molecule is CC/C=C\C/C=C\C/C=C\C/C=C\C/C=C\C/C=C\CCC(=O)OC[C@H](COC(=O)CCCCCCC/C=C\CCCC)OC(=O)CC/C=C\C/C=C\C/C=C\C/C=C\C/C=C\C/C=C\CC. The van der Waals surface area contributed by atoms with Gasteiger partial charge < -0.3 is 14.2 Å². The summed E-state index contributed by atoms with van der Waals surface area (Å²) in [7, 11) is 0. The van der Waals surface area contributed by atoms with Gasteiger partial charge in [0.1, 0.15) is 13.2 Å². The van der Waals surface area contributed by atoms with Crippen LogP contribution in [0, 0.1) is 0 Å². The molecule has 0 radical (unpaired) electrons. The number of hydrogen-bond donors (Lipinski definition) is 0. The quantitative estimate of drug-likeness (QED) is 0.0262. The molecule has 0 aromatic carbocycles. The van der Waals surface area contributed by atoms with Gasteiger partial charge in [0.25, 0.3) is 0 Å². The van der Waals surface area contributed by atoms with Gasteiger partial charge in [-0.05, 0) is 116 Å². The van der Waals surface area contributed by atoms with Crippen LogP contribution in [0.25, 0.3) is 0 Å². The molecule has 6 heteroatoms. The van der Waals surface area contributed by atoms with Crippen molar-refractivity contribution < 1.29 is 28.6 Å². The first kappa shape index (κ1) is 62.0. The summed E-state index contributed by atoms with van der Waals surface area (Å²) >= 11 is 0. The van der Waals surface area contributed by atoms with Crippen molar-refractivity contribution in [2.45, 2.75) is 194 Å². The molecule has 0 aromatic rings. The third-order valence-electron chi connectivity index (χ3n) is 10.0. The Hall–Kier alpha value is -4.97. The molecule has 0 heterocycles. The Kier molecular flexibility index (Phi) is 49.7. The number of unbranched alkanes of at least 4 members (excludes halogenated alkanes) is 7. The van der Waals surface area contributed by atoms with Crippen LogP contribution in [-0.4, -0.2) is 37.2 Å². The summed E-state index contributed by atoms with van der Waals surface area (Å²) in [6.45, 7) is 6.20. The Balaban J connectivity index is 4.65. The molecule has 0 aliphatic rings. The lowest BCUT2D eigenvalue weighted by atomic mass is 10.1. The van der Waals surface area contributed by atoms with E-state index in [1.165, 1.54) is 19.3 Å². The van der Waals surface area contributed by atoms with Crippen molar-refractivity contribution in [3.8, 4) is 0 Å². The largest absolute Gasteiger partial charge is 0.462 e. The van der Waals surface area contributed by atoms with Crippen LogP contribution in [0.5, 0.6) is 0 Å². The van der Waals surface area contributed by atoms with Gasteiger partial charge in [0.2, 0.25) is 0 Å². The molecule has 0 spiro atoms. The van der Waals surface area contributed by atoms with Gasteiger partial charge in [-0.3, -0.25) is 14.4 Å². The van der Waals surface area contributed by atoms with Crippen LogP contribution >= 0.6 is 0 Å². The zero-order chi connectivity index (χ0) is 48.6. The fourth-order valence-electron chi connectivity index (χ4n) is 6.18. The number of esters is 3. The average molecular weight is 921 g/mol. The monoisotopic (exact) mass is 921 g/mol. The van der Waals surface area contributed by atoms with E-state index in [1.807, 2.05) is 24.3 Å². The fourth-order valence-corrected chi connectivity index (χ4v) is 6.18. The highest BCUT2D eigenvalue weighted by Gasteiger charge is 2.19. The lowest BCUT2D eigenvalue weighted by molar-refractivity contribution is -0.166. The standard InChI is InChI=1S/C61H92O6/c1-4-7-10-13-16-19-22-24-26-28-30-32-34-36-39-42-45-48-51-54-60(63)66-57-58(56-65-59(62)53-50-47-44-41-38-21-18-15-12-9-6-3)67-61(64)55-52-49-46-43-40-37-35-33-31-29-27-25-23-20-17-14-11-8-5-2/h7-8,10-11,15-20,24-27,30-33,36-37,39-40,45-46,48-49,58H,4-6,9,12-14,21-23,28-29,34-35,38,41-44,47,50-57H2,1-3H3/b10-7-,11-8-,18-15-,19-16-,20-17-,26-24-,27-25-,32-30-,33-31-,39-36-,40-37-,48-45-,49-46-/t58-/m0/s1. The maximum absolute atomic E-state index is 12.8. The number of allylic oxidation sites excluding steroid dienone is 26. The molecule has 0 aliphatic heterocycles. The highest BCUT2D eigenvalue weighted by Crippen LogP contribution is 2.11. The molecule has 0 fully saturated rings. The number of carbonyl (C=O) groups is 3. The minimum atomic E-state index is -0.859. The maximum Gasteiger partial charge on any atom is 0.306 e. The van der Waals surface area contributed by atoms with Crippen LogP contribution in [0.15, 0.2) is 158 Å². The van der Waals surface area contributed by atoms with Gasteiger partial charge in [0.05, 0.1) is 0 Å². The van der Waals surface area contributed by atoms with E-state index >= 15 is 0 Å². The van der Waals surface area contributed by atoms with Gasteiger partial charge in [0.15, 0.2) is 6.10 Å². The average Bonchev–Trinajstić information content (AvgIpc) is 3.33. The van der Waals surface area contributed by atoms with Crippen molar-refractivity contribution in [3.63, 3.8) is 0 Å². The summed E-state index contributed by atoms with van der Waals surface area (Å²) in [5.41, 5.74) is 0. The van der Waals surface area contributed by atoms with Gasteiger partial charge >= 0.3 is 17.9 Å². The molecule has 0 saturated carbocycles. The van der Waals surface area contributed by atoms with E-state index in [-0.39, 0.29) is 38.0 Å². The summed E-state index contributed by atoms with van der Waals surface area (Å²) in [5, 5.41) is 0. The van der Waals surface area contributed by atoms with E-state index in [0.717, 1.165) is 116 Å². The molecular formula is C61H92O6. The number of carbonyl (C=O) groups excluding carboxylic acids is 3. The smallest absolute Gasteiger partial charge is 0.306 e. The van der Waals surface area contributed by atoms with Crippen LogP contribution in [0.2, 0.25) is 0 Å². The summed E-state index contributed by atoms with van der Waals surface area (Å²) in [6.07, 6.45) is 78.2. The van der Waals surface area contributed by atoms with Gasteiger partial charge in [-0.2, -0.15) is 0 Å². The van der Waals surface area contributed by atoms with Crippen molar-refractivity contribution in [1.82, 2.24) is 0 Å². The maximum atomic E-state index is 12.8. The van der Waals surface area contributed by atoms with Crippen molar-refractivity contribution >= 4 is 17.9 Å². The first-order chi connectivity index (χ1) is 33.0. The Morgan fingerprint density at radius 3 is 1.00 bits per heavy atom. The summed E-state index contributed by atoms with van der Waals surface area (Å²) in [4.78, 5) is 37.9. The van der Waals surface area contributed by atoms with Crippen LogP contribution in [0.3, 0.4) is 0 Å². The van der Waals surface area contributed by atoms with E-state index in [2.05, 4.69) is 154 Å². The molecule has 0 aromatic heterocycles. The molecule has 0 bridgehead atoms. The summed E-state index contributed by atoms with van der Waals surface area (Å²) in [6, 6.07) is 0. The van der Waals surface area contributed by atoms with Crippen molar-refractivity contribution in [2.75, 3.05) is 13.2 Å². The number of hydrogen-bond acceptors (Lipinski definition) is 6. The van der Waals surface area contributed by atoms with Crippen molar-refractivity contribution in [1.29, 1.82) is 0 Å². The highest BCUT2D eigenvalue weighted by atomic mass is 16.6. The Labute approximate surface area is 409 Å². The lowest BCUT2D eigenvalue weighted by Crippen LogP contribution is -2.30. The molecule has 67 heavy (non-hydrogen) atoms. The molecule has 0 amide bonds. The minimum Gasteiger partial charge on any atom is -0.462 e. The molecule has 0 rings (SSSR count). The van der Waals surface area contributed by atoms with Crippen molar-refractivity contribution in [3.05, 3.63) is 158 Å². The lowest BCUT2D eigenvalue weighted by Gasteiger charge is -2.18. The normalized spacial score (nSPS) is 13.4. The van der Waals surface area contributed by atoms with E-state index in [4.69, 9.17) is 14.2 Å².